The highest BCUT2D eigenvalue weighted by Crippen LogP contribution is 2.32. The number of carbonyl (C=O) groups excluding carboxylic acids is 1. The van der Waals surface area contributed by atoms with Crippen molar-refractivity contribution in [3.63, 3.8) is 0 Å². The lowest BCUT2D eigenvalue weighted by molar-refractivity contribution is 0.0945. The lowest BCUT2D eigenvalue weighted by Gasteiger charge is -2.36. The molecule has 1 aliphatic heterocycles. The molecule has 8 nitrogen and oxygen atoms in total. The Morgan fingerprint density at radius 2 is 1.84 bits per heavy atom. The van der Waals surface area contributed by atoms with Gasteiger partial charge in [-0.2, -0.15) is 0 Å². The minimum atomic E-state index is -0.162. The Labute approximate surface area is 228 Å². The third-order valence-electron chi connectivity index (χ3n) is 6.61. The third kappa shape index (κ3) is 6.94. The van der Waals surface area contributed by atoms with Gasteiger partial charge in [0, 0.05) is 32.7 Å². The molecule has 1 fully saturated rings. The lowest BCUT2D eigenvalue weighted by Crippen LogP contribution is -2.47. The van der Waals surface area contributed by atoms with Crippen LogP contribution in [0.5, 0.6) is 5.75 Å². The number of methoxy groups -OCH3 is 1. The minimum absolute atomic E-state index is 0.162. The molecule has 0 aliphatic carbocycles. The van der Waals surface area contributed by atoms with Crippen LogP contribution in [0.15, 0.2) is 42.5 Å². The number of amides is 1. The number of carbonyl (C=O) groups is 1. The molecule has 0 atom stereocenters. The van der Waals surface area contributed by atoms with Crippen LogP contribution < -0.4 is 15.0 Å². The Bertz CT molecular complexity index is 1180. The molecule has 4 rings (SSSR count). The van der Waals surface area contributed by atoms with E-state index in [0.717, 1.165) is 74.7 Å². The van der Waals surface area contributed by atoms with Gasteiger partial charge in [0.2, 0.25) is 0 Å². The van der Waals surface area contributed by atoms with Gasteiger partial charge >= 0.3 is 0 Å². The standard InChI is InChI=1S/C27H34Cl2N6O2/c1-3-6-24-26(31-32-35(24)19-20-9-11-21(37-2)12-10-20)27(36)30-13-5-14-33-15-17-34(18-16-33)23-8-4-7-22(28)25(23)29/h4,7-12H,3,5-6,13-19H2,1-2H3,(H,30,36). The number of ether oxygens (including phenoxy) is 1. The van der Waals surface area contributed by atoms with E-state index in [1.807, 2.05) is 47.1 Å². The summed E-state index contributed by atoms with van der Waals surface area (Å²) in [5.41, 5.74) is 3.35. The summed E-state index contributed by atoms with van der Waals surface area (Å²) in [4.78, 5) is 17.6. The molecule has 1 aromatic heterocycles. The van der Waals surface area contributed by atoms with Crippen LogP contribution >= 0.6 is 23.2 Å². The number of hydrogen-bond acceptors (Lipinski definition) is 6. The number of piperazine rings is 1. The van der Waals surface area contributed by atoms with Crippen LogP contribution in [0.25, 0.3) is 0 Å². The monoisotopic (exact) mass is 544 g/mol. The Kier molecular flexibility index (Phi) is 9.66. The third-order valence-corrected chi connectivity index (χ3v) is 7.42. The van der Waals surface area contributed by atoms with Gasteiger partial charge in [-0.25, -0.2) is 4.68 Å². The van der Waals surface area contributed by atoms with Crippen LogP contribution in [-0.2, 0) is 13.0 Å². The predicted octanol–water partition coefficient (Wildman–Crippen LogP) is 4.54. The summed E-state index contributed by atoms with van der Waals surface area (Å²) in [6.45, 7) is 7.83. The van der Waals surface area contributed by atoms with E-state index in [1.54, 1.807) is 7.11 Å². The second kappa shape index (κ2) is 13.1. The van der Waals surface area contributed by atoms with Crippen LogP contribution in [0, 0.1) is 0 Å². The molecule has 0 saturated carbocycles. The average Bonchev–Trinajstić information content (AvgIpc) is 3.31. The Balaban J connectivity index is 1.24. The topological polar surface area (TPSA) is 75.5 Å². The smallest absolute Gasteiger partial charge is 0.273 e. The molecule has 1 aliphatic rings. The molecule has 1 amide bonds. The van der Waals surface area contributed by atoms with E-state index < -0.39 is 0 Å². The zero-order chi connectivity index (χ0) is 26.2. The normalized spacial score (nSPS) is 14.1. The maximum absolute atomic E-state index is 12.9. The zero-order valence-corrected chi connectivity index (χ0v) is 22.9. The molecular formula is C27H34Cl2N6O2. The number of rotatable bonds is 11. The van der Waals surface area contributed by atoms with E-state index in [0.29, 0.717) is 28.8 Å². The highest BCUT2D eigenvalue weighted by molar-refractivity contribution is 6.43. The number of anilines is 1. The SMILES string of the molecule is CCCc1c(C(=O)NCCCN2CCN(c3cccc(Cl)c3Cl)CC2)nnn1Cc1ccc(OC)cc1. The number of nitrogens with one attached hydrogen (secondary N) is 1. The molecule has 0 unspecified atom stereocenters. The molecule has 10 heteroatoms. The quantitative estimate of drug-likeness (QED) is 0.357. The van der Waals surface area contributed by atoms with Gasteiger partial charge in [0.1, 0.15) is 5.75 Å². The van der Waals surface area contributed by atoms with Crippen LogP contribution in [0.2, 0.25) is 10.0 Å². The fraction of sp³-hybridized carbons (Fsp3) is 0.444. The van der Waals surface area contributed by atoms with Crippen molar-refractivity contribution in [2.45, 2.75) is 32.7 Å². The van der Waals surface area contributed by atoms with E-state index in [4.69, 9.17) is 27.9 Å². The van der Waals surface area contributed by atoms with Gasteiger partial charge in [0.15, 0.2) is 5.69 Å². The predicted molar refractivity (Wildman–Crippen MR) is 148 cm³/mol. The number of benzene rings is 2. The van der Waals surface area contributed by atoms with E-state index in [-0.39, 0.29) is 5.91 Å². The summed E-state index contributed by atoms with van der Waals surface area (Å²) >= 11 is 12.6. The Morgan fingerprint density at radius 3 is 2.54 bits per heavy atom. The van der Waals surface area contributed by atoms with E-state index in [2.05, 4.69) is 32.4 Å². The molecule has 2 heterocycles. The fourth-order valence-corrected chi connectivity index (χ4v) is 4.98. The highest BCUT2D eigenvalue weighted by Gasteiger charge is 2.21. The number of nitrogens with zero attached hydrogens (tertiary/aromatic N) is 5. The van der Waals surface area contributed by atoms with E-state index >= 15 is 0 Å². The van der Waals surface area contributed by atoms with Crippen molar-refractivity contribution in [3.8, 4) is 5.75 Å². The molecule has 37 heavy (non-hydrogen) atoms. The van der Waals surface area contributed by atoms with E-state index in [1.165, 1.54) is 0 Å². The van der Waals surface area contributed by atoms with Gasteiger partial charge in [-0.1, -0.05) is 60.0 Å². The molecule has 1 N–H and O–H groups in total. The molecular weight excluding hydrogens is 511 g/mol. The molecule has 0 bridgehead atoms. The first kappa shape index (κ1) is 27.2. The number of hydrogen-bond donors (Lipinski definition) is 1. The first-order valence-corrected chi connectivity index (χ1v) is 13.5. The van der Waals surface area contributed by atoms with Crippen LogP contribution in [0.1, 0.15) is 41.5 Å². The van der Waals surface area contributed by atoms with Crippen molar-refractivity contribution in [3.05, 3.63) is 69.5 Å². The summed E-state index contributed by atoms with van der Waals surface area (Å²) in [6, 6.07) is 13.6. The summed E-state index contributed by atoms with van der Waals surface area (Å²) in [7, 11) is 1.65. The van der Waals surface area contributed by atoms with Crippen molar-refractivity contribution in [1.29, 1.82) is 0 Å². The number of aromatic nitrogens is 3. The van der Waals surface area contributed by atoms with Crippen molar-refractivity contribution in [2.24, 2.45) is 0 Å². The largest absolute Gasteiger partial charge is 0.497 e. The van der Waals surface area contributed by atoms with Crippen molar-refractivity contribution < 1.29 is 9.53 Å². The van der Waals surface area contributed by atoms with Crippen LogP contribution in [0.3, 0.4) is 0 Å². The van der Waals surface area contributed by atoms with Gasteiger partial charge < -0.3 is 15.0 Å². The van der Waals surface area contributed by atoms with E-state index in [9.17, 15) is 4.79 Å². The van der Waals surface area contributed by atoms with Crippen molar-refractivity contribution in [1.82, 2.24) is 25.2 Å². The second-order valence-corrected chi connectivity index (χ2v) is 9.94. The molecule has 3 aromatic rings. The van der Waals surface area contributed by atoms with Gasteiger partial charge in [-0.15, -0.1) is 5.10 Å². The van der Waals surface area contributed by atoms with Crippen LogP contribution in [0.4, 0.5) is 5.69 Å². The lowest BCUT2D eigenvalue weighted by atomic mass is 10.1. The molecule has 0 radical (unpaired) electrons. The number of halogens is 2. The maximum Gasteiger partial charge on any atom is 0.273 e. The molecule has 198 valence electrons. The zero-order valence-electron chi connectivity index (χ0n) is 21.4. The molecule has 0 spiro atoms. The summed E-state index contributed by atoms with van der Waals surface area (Å²) in [5.74, 6) is 0.647. The summed E-state index contributed by atoms with van der Waals surface area (Å²) in [5, 5.41) is 12.7. The maximum atomic E-state index is 12.9. The first-order chi connectivity index (χ1) is 18.0. The average molecular weight is 546 g/mol. The first-order valence-electron chi connectivity index (χ1n) is 12.7. The summed E-state index contributed by atoms with van der Waals surface area (Å²) < 4.78 is 7.06. The fourth-order valence-electron chi connectivity index (χ4n) is 4.56. The van der Waals surface area contributed by atoms with Gasteiger partial charge in [-0.3, -0.25) is 9.69 Å². The minimum Gasteiger partial charge on any atom is -0.497 e. The second-order valence-electron chi connectivity index (χ2n) is 9.15. The molecule has 1 saturated heterocycles. The van der Waals surface area contributed by atoms with Gasteiger partial charge in [0.05, 0.1) is 35.1 Å². The highest BCUT2D eigenvalue weighted by atomic mass is 35.5. The van der Waals surface area contributed by atoms with Crippen molar-refractivity contribution >= 4 is 34.8 Å². The van der Waals surface area contributed by atoms with Gasteiger partial charge in [-0.05, 0) is 49.2 Å². The Morgan fingerprint density at radius 1 is 1.08 bits per heavy atom. The van der Waals surface area contributed by atoms with Gasteiger partial charge in [0.25, 0.3) is 5.91 Å². The Hall–Kier alpha value is -2.81. The summed E-state index contributed by atoms with van der Waals surface area (Å²) in [6.07, 6.45) is 2.52. The van der Waals surface area contributed by atoms with Crippen molar-refractivity contribution in [2.75, 3.05) is 51.3 Å². The molecule has 2 aromatic carbocycles. The van der Waals surface area contributed by atoms with Crippen LogP contribution in [-0.4, -0.2) is 72.2 Å².